The van der Waals surface area contributed by atoms with Gasteiger partial charge in [-0.2, -0.15) is 13.2 Å². The van der Waals surface area contributed by atoms with Gasteiger partial charge in [-0.25, -0.2) is 9.48 Å². The largest absolute Gasteiger partial charge is 0.417 e. The number of halogens is 3. The first-order valence-corrected chi connectivity index (χ1v) is 11.7. The van der Waals surface area contributed by atoms with Crippen LogP contribution in [0.2, 0.25) is 0 Å². The number of thioether (sulfide) groups is 1. The lowest BCUT2D eigenvalue weighted by Crippen LogP contribution is -2.40. The second-order valence-corrected chi connectivity index (χ2v) is 9.04. The summed E-state index contributed by atoms with van der Waals surface area (Å²) in [7, 11) is 1.80. The molecule has 1 saturated heterocycles. The fourth-order valence-corrected chi connectivity index (χ4v) is 4.60. The third kappa shape index (κ3) is 6.25. The van der Waals surface area contributed by atoms with Gasteiger partial charge in [0.2, 0.25) is 5.16 Å². The molecular formula is C22H23F3N6O2S. The molecular weight excluding hydrogens is 469 g/mol. The molecule has 1 aliphatic rings. The summed E-state index contributed by atoms with van der Waals surface area (Å²) in [6.45, 7) is 1.25. The summed E-state index contributed by atoms with van der Waals surface area (Å²) < 4.78 is 45.1. The highest BCUT2D eigenvalue weighted by Crippen LogP contribution is 2.29. The van der Waals surface area contributed by atoms with Crippen LogP contribution in [0.3, 0.4) is 0 Å². The molecule has 12 heteroatoms. The van der Waals surface area contributed by atoms with E-state index in [1.165, 1.54) is 6.07 Å². The molecule has 0 radical (unpaired) electrons. The first-order valence-electron chi connectivity index (χ1n) is 10.7. The van der Waals surface area contributed by atoms with Crippen molar-refractivity contribution in [2.75, 3.05) is 18.8 Å². The molecule has 1 fully saturated rings. The second-order valence-electron chi connectivity index (χ2n) is 8.05. The first kappa shape index (κ1) is 24.0. The van der Waals surface area contributed by atoms with Gasteiger partial charge in [-0.1, -0.05) is 23.9 Å². The predicted molar refractivity (Wildman–Crippen MR) is 118 cm³/mol. The average Bonchev–Trinajstić information content (AvgIpc) is 3.23. The van der Waals surface area contributed by atoms with E-state index < -0.39 is 11.7 Å². The van der Waals surface area contributed by atoms with E-state index in [0.717, 1.165) is 41.6 Å². The molecule has 0 aliphatic carbocycles. The van der Waals surface area contributed by atoms with Gasteiger partial charge in [0.05, 0.1) is 5.56 Å². The SMILES string of the molecule is Cn1nnnc1SCC1CCN(C(=O)Oc2ccc(Cc3ccc(C(F)(F)F)cn3)cc2)CC1. The van der Waals surface area contributed by atoms with Crippen LogP contribution in [0.5, 0.6) is 5.75 Å². The van der Waals surface area contributed by atoms with Crippen molar-refractivity contribution in [3.63, 3.8) is 0 Å². The molecule has 1 aliphatic heterocycles. The van der Waals surface area contributed by atoms with Crippen molar-refractivity contribution >= 4 is 17.9 Å². The number of hydrogen-bond acceptors (Lipinski definition) is 7. The van der Waals surface area contributed by atoms with Gasteiger partial charge in [-0.3, -0.25) is 4.98 Å². The van der Waals surface area contributed by atoms with Gasteiger partial charge in [0, 0.05) is 44.2 Å². The number of alkyl halides is 3. The Morgan fingerprint density at radius 1 is 1.15 bits per heavy atom. The van der Waals surface area contributed by atoms with Crippen molar-refractivity contribution in [1.29, 1.82) is 0 Å². The van der Waals surface area contributed by atoms with Crippen LogP contribution in [-0.4, -0.2) is 55.0 Å². The third-order valence-electron chi connectivity index (χ3n) is 5.57. The summed E-state index contributed by atoms with van der Waals surface area (Å²) in [6, 6.07) is 9.28. The predicted octanol–water partition coefficient (Wildman–Crippen LogP) is 4.22. The van der Waals surface area contributed by atoms with E-state index in [1.54, 1.807) is 52.7 Å². The molecule has 2 aromatic heterocycles. The van der Waals surface area contributed by atoms with Gasteiger partial charge in [0.1, 0.15) is 5.75 Å². The van der Waals surface area contributed by atoms with Crippen LogP contribution >= 0.6 is 11.8 Å². The van der Waals surface area contributed by atoms with Crippen molar-refractivity contribution in [3.8, 4) is 5.75 Å². The third-order valence-corrected chi connectivity index (χ3v) is 6.81. The number of hydrogen-bond donors (Lipinski definition) is 0. The number of nitrogens with zero attached hydrogens (tertiary/aromatic N) is 6. The molecule has 4 rings (SSSR count). The van der Waals surface area contributed by atoms with Gasteiger partial charge < -0.3 is 9.64 Å². The van der Waals surface area contributed by atoms with E-state index >= 15 is 0 Å². The zero-order valence-corrected chi connectivity index (χ0v) is 19.2. The van der Waals surface area contributed by atoms with Crippen molar-refractivity contribution in [1.82, 2.24) is 30.1 Å². The molecule has 0 N–H and O–H groups in total. The van der Waals surface area contributed by atoms with Crippen molar-refractivity contribution < 1.29 is 22.7 Å². The maximum Gasteiger partial charge on any atom is 0.417 e. The summed E-state index contributed by atoms with van der Waals surface area (Å²) in [6.07, 6.45) is -1.82. The molecule has 0 spiro atoms. The van der Waals surface area contributed by atoms with E-state index in [4.69, 9.17) is 4.74 Å². The van der Waals surface area contributed by atoms with Crippen LogP contribution in [0.4, 0.5) is 18.0 Å². The topological polar surface area (TPSA) is 86.0 Å². The molecule has 0 saturated carbocycles. The quantitative estimate of drug-likeness (QED) is 0.476. The zero-order valence-electron chi connectivity index (χ0n) is 18.4. The van der Waals surface area contributed by atoms with Crippen LogP contribution in [0.15, 0.2) is 47.8 Å². The van der Waals surface area contributed by atoms with Crippen molar-refractivity contribution in [2.24, 2.45) is 13.0 Å². The number of likely N-dealkylation sites (tertiary alicyclic amines) is 1. The molecule has 0 bridgehead atoms. The zero-order chi connectivity index (χ0) is 24.1. The minimum atomic E-state index is -4.40. The number of carbonyl (C=O) groups is 1. The van der Waals surface area contributed by atoms with Gasteiger partial charge >= 0.3 is 12.3 Å². The standard InChI is InChI=1S/C22H23F3N6O2S/c1-30-20(27-28-29-30)34-14-16-8-10-31(11-9-16)21(32)33-19-6-2-15(3-7-19)12-18-5-4-17(13-26-18)22(23,24)25/h2-7,13,16H,8-12,14H2,1H3. The molecule has 8 nitrogen and oxygen atoms in total. The first-order chi connectivity index (χ1) is 16.3. The van der Waals surface area contributed by atoms with Crippen LogP contribution in [0, 0.1) is 5.92 Å². The number of carbonyl (C=O) groups excluding carboxylic acids is 1. The fraction of sp³-hybridized carbons (Fsp3) is 0.409. The Hall–Kier alpha value is -3.15. The van der Waals surface area contributed by atoms with Crippen molar-refractivity contribution in [2.45, 2.75) is 30.6 Å². The summed E-state index contributed by atoms with van der Waals surface area (Å²) in [5.41, 5.74) is 0.599. The molecule has 34 heavy (non-hydrogen) atoms. The molecule has 1 aromatic carbocycles. The molecule has 3 aromatic rings. The molecule has 0 atom stereocenters. The Bertz CT molecular complexity index is 1100. The molecule has 3 heterocycles. The molecule has 0 unspecified atom stereocenters. The smallest absolute Gasteiger partial charge is 0.410 e. The number of piperidine rings is 1. The number of amides is 1. The van der Waals surface area contributed by atoms with E-state index in [9.17, 15) is 18.0 Å². The van der Waals surface area contributed by atoms with Crippen molar-refractivity contribution in [3.05, 3.63) is 59.4 Å². The molecule has 180 valence electrons. The van der Waals surface area contributed by atoms with Crippen LogP contribution in [0.25, 0.3) is 0 Å². The van der Waals surface area contributed by atoms with E-state index in [-0.39, 0.29) is 6.09 Å². The lowest BCUT2D eigenvalue weighted by molar-refractivity contribution is -0.137. The number of benzene rings is 1. The van der Waals surface area contributed by atoms with Crippen LogP contribution in [0.1, 0.15) is 29.7 Å². The van der Waals surface area contributed by atoms with E-state index in [2.05, 4.69) is 20.5 Å². The summed E-state index contributed by atoms with van der Waals surface area (Å²) in [4.78, 5) is 18.1. The number of tetrazole rings is 1. The monoisotopic (exact) mass is 492 g/mol. The maximum atomic E-state index is 12.7. The van der Waals surface area contributed by atoms with E-state index in [0.29, 0.717) is 36.9 Å². The Balaban J connectivity index is 1.23. The summed E-state index contributed by atoms with van der Waals surface area (Å²) in [5, 5.41) is 12.2. The highest BCUT2D eigenvalue weighted by atomic mass is 32.2. The Kier molecular flexibility index (Phi) is 7.35. The minimum Gasteiger partial charge on any atom is -0.410 e. The van der Waals surface area contributed by atoms with Gasteiger partial charge in [0.25, 0.3) is 0 Å². The van der Waals surface area contributed by atoms with E-state index in [1.807, 2.05) is 0 Å². The summed E-state index contributed by atoms with van der Waals surface area (Å²) >= 11 is 1.61. The van der Waals surface area contributed by atoms with Crippen LogP contribution in [-0.2, 0) is 19.6 Å². The van der Waals surface area contributed by atoms with Gasteiger partial charge in [-0.05, 0) is 59.0 Å². The fourth-order valence-electron chi connectivity index (χ4n) is 3.56. The highest BCUT2D eigenvalue weighted by molar-refractivity contribution is 7.99. The number of aryl methyl sites for hydroxylation is 1. The number of pyridine rings is 1. The maximum absolute atomic E-state index is 12.7. The number of ether oxygens (including phenoxy) is 1. The minimum absolute atomic E-state index is 0.377. The lowest BCUT2D eigenvalue weighted by atomic mass is 9.99. The Morgan fingerprint density at radius 3 is 2.47 bits per heavy atom. The summed E-state index contributed by atoms with van der Waals surface area (Å²) in [5.74, 6) is 1.79. The van der Waals surface area contributed by atoms with Crippen LogP contribution < -0.4 is 4.74 Å². The highest BCUT2D eigenvalue weighted by Gasteiger charge is 2.30. The second kappa shape index (κ2) is 10.4. The Labute approximate surface area is 198 Å². The normalized spacial score (nSPS) is 14.9. The number of aromatic nitrogens is 5. The van der Waals surface area contributed by atoms with Gasteiger partial charge in [-0.15, -0.1) is 5.10 Å². The average molecular weight is 493 g/mol. The Morgan fingerprint density at radius 2 is 1.88 bits per heavy atom. The molecule has 1 amide bonds. The van der Waals surface area contributed by atoms with Gasteiger partial charge in [0.15, 0.2) is 0 Å². The number of rotatable bonds is 6. The lowest BCUT2D eigenvalue weighted by Gasteiger charge is -2.30.